The molecule has 5 rings (SSSR count). The Bertz CT molecular complexity index is 1320. The van der Waals surface area contributed by atoms with Crippen molar-refractivity contribution in [2.75, 3.05) is 45.7 Å². The highest BCUT2D eigenvalue weighted by Gasteiger charge is 2.20. The molecule has 1 fully saturated rings. The summed E-state index contributed by atoms with van der Waals surface area (Å²) in [6.45, 7) is 3.27. The van der Waals surface area contributed by atoms with E-state index < -0.39 is 0 Å². The predicted octanol–water partition coefficient (Wildman–Crippen LogP) is 3.83. The number of amides is 1. The van der Waals surface area contributed by atoms with Gasteiger partial charge in [-0.2, -0.15) is 0 Å². The molecule has 1 aliphatic heterocycles. The first-order valence-corrected chi connectivity index (χ1v) is 11.2. The number of nitrogens with zero attached hydrogens (tertiary/aromatic N) is 5. The van der Waals surface area contributed by atoms with E-state index in [-0.39, 0.29) is 5.91 Å². The first-order valence-electron chi connectivity index (χ1n) is 11.2. The van der Waals surface area contributed by atoms with Gasteiger partial charge in [-0.25, -0.2) is 15.0 Å². The molecule has 0 bridgehead atoms. The SMILES string of the molecule is COc1ccc(-c2ccc3ncnc(Nc4cccc(C(=O)N5CCN(C)CC5)c4)c3c2)cn1. The molecule has 34 heavy (non-hydrogen) atoms. The molecule has 1 aliphatic rings. The number of piperazine rings is 1. The van der Waals surface area contributed by atoms with Crippen LogP contribution in [0.5, 0.6) is 5.88 Å². The van der Waals surface area contributed by atoms with E-state index >= 15 is 0 Å². The fourth-order valence-corrected chi connectivity index (χ4v) is 4.07. The number of hydrogen-bond donors (Lipinski definition) is 1. The number of hydrogen-bond acceptors (Lipinski definition) is 7. The molecule has 2 aromatic heterocycles. The molecule has 1 amide bonds. The number of ether oxygens (including phenoxy) is 1. The molecule has 0 unspecified atom stereocenters. The standard InChI is InChI=1S/C26H26N6O2/c1-31-10-12-32(13-11-31)26(33)19-4-3-5-21(14-19)30-25-22-15-18(6-8-23(22)28-17-29-25)20-7-9-24(34-2)27-16-20/h3-9,14-17H,10-13H2,1-2H3,(H,28,29,30). The summed E-state index contributed by atoms with van der Waals surface area (Å²) in [4.78, 5) is 30.3. The van der Waals surface area contributed by atoms with Gasteiger partial charge in [-0.3, -0.25) is 4.79 Å². The van der Waals surface area contributed by atoms with Crippen molar-refractivity contribution in [3.05, 3.63) is 72.7 Å². The van der Waals surface area contributed by atoms with E-state index in [1.807, 2.05) is 59.5 Å². The third-order valence-corrected chi connectivity index (χ3v) is 6.08. The number of methoxy groups -OCH3 is 1. The zero-order valence-electron chi connectivity index (χ0n) is 19.2. The fourth-order valence-electron chi connectivity index (χ4n) is 4.07. The lowest BCUT2D eigenvalue weighted by molar-refractivity contribution is 0.0664. The Hall–Kier alpha value is -4.04. The number of carbonyl (C=O) groups is 1. The number of rotatable bonds is 5. The lowest BCUT2D eigenvalue weighted by atomic mass is 10.1. The molecule has 0 saturated carbocycles. The zero-order chi connectivity index (χ0) is 23.5. The van der Waals surface area contributed by atoms with Crippen LogP contribution in [0, 0.1) is 0 Å². The average molecular weight is 455 g/mol. The van der Waals surface area contributed by atoms with Crippen LogP contribution in [0.15, 0.2) is 67.1 Å². The van der Waals surface area contributed by atoms with Crippen LogP contribution in [0.2, 0.25) is 0 Å². The van der Waals surface area contributed by atoms with Crippen LogP contribution in [0.3, 0.4) is 0 Å². The van der Waals surface area contributed by atoms with E-state index in [1.54, 1.807) is 19.6 Å². The normalized spacial score (nSPS) is 14.2. The maximum atomic E-state index is 13.0. The molecule has 2 aromatic carbocycles. The highest BCUT2D eigenvalue weighted by Crippen LogP contribution is 2.29. The summed E-state index contributed by atoms with van der Waals surface area (Å²) in [6, 6.07) is 17.4. The number of carbonyl (C=O) groups excluding carboxylic acids is 1. The van der Waals surface area contributed by atoms with Gasteiger partial charge in [0.1, 0.15) is 12.1 Å². The molecule has 0 spiro atoms. The minimum Gasteiger partial charge on any atom is -0.481 e. The number of anilines is 2. The van der Waals surface area contributed by atoms with Gasteiger partial charge in [0.25, 0.3) is 5.91 Å². The van der Waals surface area contributed by atoms with Gasteiger partial charge in [0.2, 0.25) is 5.88 Å². The molecule has 172 valence electrons. The number of benzene rings is 2. The Labute approximate surface area is 198 Å². The van der Waals surface area contributed by atoms with Crippen molar-refractivity contribution in [1.29, 1.82) is 0 Å². The van der Waals surface area contributed by atoms with Crippen molar-refractivity contribution in [2.24, 2.45) is 0 Å². The smallest absolute Gasteiger partial charge is 0.254 e. The highest BCUT2D eigenvalue weighted by molar-refractivity contribution is 5.97. The van der Waals surface area contributed by atoms with Crippen molar-refractivity contribution in [3.8, 4) is 17.0 Å². The maximum Gasteiger partial charge on any atom is 0.254 e. The molecular weight excluding hydrogens is 428 g/mol. The molecule has 1 saturated heterocycles. The molecule has 4 aromatic rings. The molecular formula is C26H26N6O2. The first kappa shape index (κ1) is 21.8. The van der Waals surface area contributed by atoms with Crippen LogP contribution in [0.25, 0.3) is 22.0 Å². The Morgan fingerprint density at radius 2 is 1.76 bits per heavy atom. The second-order valence-corrected chi connectivity index (χ2v) is 8.34. The highest BCUT2D eigenvalue weighted by atomic mass is 16.5. The fraction of sp³-hybridized carbons (Fsp3) is 0.231. The lowest BCUT2D eigenvalue weighted by Gasteiger charge is -2.32. The monoisotopic (exact) mass is 454 g/mol. The van der Waals surface area contributed by atoms with Gasteiger partial charge >= 0.3 is 0 Å². The maximum absolute atomic E-state index is 13.0. The van der Waals surface area contributed by atoms with Crippen LogP contribution in [-0.2, 0) is 0 Å². The van der Waals surface area contributed by atoms with Gasteiger partial charge in [-0.05, 0) is 49.0 Å². The molecule has 0 radical (unpaired) electrons. The Kier molecular flexibility index (Phi) is 6.05. The van der Waals surface area contributed by atoms with E-state index in [1.165, 1.54) is 0 Å². The van der Waals surface area contributed by atoms with Crippen molar-refractivity contribution < 1.29 is 9.53 Å². The van der Waals surface area contributed by atoms with Gasteiger partial charge in [-0.1, -0.05) is 12.1 Å². The van der Waals surface area contributed by atoms with Gasteiger partial charge in [-0.15, -0.1) is 0 Å². The van der Waals surface area contributed by atoms with Crippen LogP contribution in [-0.4, -0.2) is 71.0 Å². The van der Waals surface area contributed by atoms with E-state index in [4.69, 9.17) is 4.74 Å². The number of likely N-dealkylation sites (N-methyl/N-ethyl adjacent to an activating group) is 1. The summed E-state index contributed by atoms with van der Waals surface area (Å²) in [7, 11) is 3.68. The molecule has 8 heteroatoms. The van der Waals surface area contributed by atoms with Crippen LogP contribution < -0.4 is 10.1 Å². The van der Waals surface area contributed by atoms with Gasteiger partial charge in [0.05, 0.1) is 12.6 Å². The molecule has 0 atom stereocenters. The first-order chi connectivity index (χ1) is 16.6. The van der Waals surface area contributed by atoms with Crippen molar-refractivity contribution in [3.63, 3.8) is 0 Å². The summed E-state index contributed by atoms with van der Waals surface area (Å²) in [6.07, 6.45) is 3.32. The zero-order valence-corrected chi connectivity index (χ0v) is 19.2. The lowest BCUT2D eigenvalue weighted by Crippen LogP contribution is -2.47. The summed E-state index contributed by atoms with van der Waals surface area (Å²) in [5, 5.41) is 4.26. The predicted molar refractivity (Wildman–Crippen MR) is 132 cm³/mol. The van der Waals surface area contributed by atoms with E-state index in [0.29, 0.717) is 17.3 Å². The average Bonchev–Trinajstić information content (AvgIpc) is 2.89. The third-order valence-electron chi connectivity index (χ3n) is 6.08. The minimum absolute atomic E-state index is 0.0542. The Morgan fingerprint density at radius 1 is 0.941 bits per heavy atom. The van der Waals surface area contributed by atoms with Crippen molar-refractivity contribution in [1.82, 2.24) is 24.8 Å². The largest absolute Gasteiger partial charge is 0.481 e. The van der Waals surface area contributed by atoms with Crippen molar-refractivity contribution >= 4 is 28.3 Å². The number of fused-ring (bicyclic) bond motifs is 1. The van der Waals surface area contributed by atoms with Gasteiger partial charge in [0, 0.05) is 60.6 Å². The molecule has 8 nitrogen and oxygen atoms in total. The van der Waals surface area contributed by atoms with Gasteiger partial charge in [0.15, 0.2) is 0 Å². The van der Waals surface area contributed by atoms with E-state index in [0.717, 1.165) is 53.9 Å². The van der Waals surface area contributed by atoms with Crippen LogP contribution in [0.4, 0.5) is 11.5 Å². The summed E-state index contributed by atoms with van der Waals surface area (Å²) >= 11 is 0. The number of nitrogens with one attached hydrogen (secondary N) is 1. The van der Waals surface area contributed by atoms with Crippen LogP contribution in [0.1, 0.15) is 10.4 Å². The second kappa shape index (κ2) is 9.44. The van der Waals surface area contributed by atoms with Crippen LogP contribution >= 0.6 is 0 Å². The Balaban J connectivity index is 1.42. The third kappa shape index (κ3) is 4.53. The number of pyridine rings is 1. The Morgan fingerprint density at radius 3 is 2.53 bits per heavy atom. The topological polar surface area (TPSA) is 83.5 Å². The molecule has 1 N–H and O–H groups in total. The molecule has 0 aliphatic carbocycles. The second-order valence-electron chi connectivity index (χ2n) is 8.34. The summed E-state index contributed by atoms with van der Waals surface area (Å²) in [5.41, 5.74) is 4.26. The quantitative estimate of drug-likeness (QED) is 0.491. The number of aromatic nitrogens is 3. The van der Waals surface area contributed by atoms with E-state index in [9.17, 15) is 4.79 Å². The van der Waals surface area contributed by atoms with Gasteiger partial charge < -0.3 is 19.9 Å². The van der Waals surface area contributed by atoms with Crippen molar-refractivity contribution in [2.45, 2.75) is 0 Å². The molecule has 3 heterocycles. The van der Waals surface area contributed by atoms with E-state index in [2.05, 4.69) is 32.2 Å². The minimum atomic E-state index is 0.0542. The summed E-state index contributed by atoms with van der Waals surface area (Å²) < 4.78 is 5.16. The summed E-state index contributed by atoms with van der Waals surface area (Å²) in [5.74, 6) is 1.30.